The number of anilines is 1. The number of hydrogen-bond acceptors (Lipinski definition) is 4. The molecular weight excluding hydrogens is 365 g/mol. The first kappa shape index (κ1) is 18.8. The van der Waals surface area contributed by atoms with E-state index in [-0.39, 0.29) is 0 Å². The molecule has 0 aliphatic rings. The lowest BCUT2D eigenvalue weighted by Crippen LogP contribution is -2.20. The summed E-state index contributed by atoms with van der Waals surface area (Å²) >= 11 is 11.7. The van der Waals surface area contributed by atoms with Crippen LogP contribution in [0, 0.1) is 0 Å². The molecule has 0 heterocycles. The zero-order chi connectivity index (χ0) is 18.2. The lowest BCUT2D eigenvalue weighted by molar-refractivity contribution is -0.142. The largest absolute Gasteiger partial charge is 0.497 e. The quantitative estimate of drug-likeness (QED) is 0.603. The van der Waals surface area contributed by atoms with E-state index in [2.05, 4.69) is 5.32 Å². The molecule has 0 bridgehead atoms. The van der Waals surface area contributed by atoms with Gasteiger partial charge in [0.05, 0.1) is 7.11 Å². The van der Waals surface area contributed by atoms with E-state index in [4.69, 9.17) is 32.7 Å². The molecule has 1 amide bonds. The summed E-state index contributed by atoms with van der Waals surface area (Å²) in [6.07, 6.45) is 2.82. The van der Waals surface area contributed by atoms with Gasteiger partial charge in [-0.05, 0) is 42.0 Å². The topological polar surface area (TPSA) is 64.6 Å². The number of nitrogens with one attached hydrogen (secondary N) is 1. The van der Waals surface area contributed by atoms with Crippen LogP contribution in [0.1, 0.15) is 5.56 Å². The SMILES string of the molecule is COc1ccc(C=CC(=O)OCC(=O)Nc2cc(Cl)cc(Cl)c2)cc1. The van der Waals surface area contributed by atoms with Crippen molar-refractivity contribution in [3.8, 4) is 5.75 Å². The van der Waals surface area contributed by atoms with Crippen LogP contribution in [0.2, 0.25) is 10.0 Å². The first-order chi connectivity index (χ1) is 12.0. The fraction of sp³-hybridized carbons (Fsp3) is 0.111. The van der Waals surface area contributed by atoms with Gasteiger partial charge in [0.15, 0.2) is 6.61 Å². The molecule has 2 aromatic rings. The number of methoxy groups -OCH3 is 1. The third kappa shape index (κ3) is 6.49. The van der Waals surface area contributed by atoms with Crippen molar-refractivity contribution in [1.29, 1.82) is 0 Å². The normalized spacial score (nSPS) is 10.5. The van der Waals surface area contributed by atoms with Crippen LogP contribution in [0.15, 0.2) is 48.5 Å². The fourth-order valence-corrected chi connectivity index (χ4v) is 2.41. The Morgan fingerprint density at radius 3 is 2.32 bits per heavy atom. The van der Waals surface area contributed by atoms with Gasteiger partial charge in [0.25, 0.3) is 5.91 Å². The molecule has 0 aromatic heterocycles. The predicted octanol–water partition coefficient (Wildman–Crippen LogP) is 4.20. The Labute approximate surface area is 155 Å². The van der Waals surface area contributed by atoms with Gasteiger partial charge in [0.2, 0.25) is 0 Å². The van der Waals surface area contributed by atoms with Crippen molar-refractivity contribution in [3.63, 3.8) is 0 Å². The number of esters is 1. The van der Waals surface area contributed by atoms with Gasteiger partial charge in [-0.2, -0.15) is 0 Å². The molecule has 0 radical (unpaired) electrons. The Hall–Kier alpha value is -2.50. The van der Waals surface area contributed by atoms with Crippen LogP contribution in [0.5, 0.6) is 5.75 Å². The van der Waals surface area contributed by atoms with Crippen molar-refractivity contribution < 1.29 is 19.1 Å². The minimum absolute atomic E-state index is 0.391. The summed E-state index contributed by atoms with van der Waals surface area (Å²) in [4.78, 5) is 23.4. The Bertz CT molecular complexity index is 768. The van der Waals surface area contributed by atoms with Gasteiger partial charge in [-0.25, -0.2) is 4.79 Å². The molecule has 0 aliphatic heterocycles. The number of hydrogen-bond donors (Lipinski definition) is 1. The number of carbonyl (C=O) groups is 2. The smallest absolute Gasteiger partial charge is 0.331 e. The highest BCUT2D eigenvalue weighted by molar-refractivity contribution is 6.35. The standard InChI is InChI=1S/C18H15Cl2NO4/c1-24-16-5-2-12(3-6-16)4-7-18(23)25-11-17(22)21-15-9-13(19)8-14(20)10-15/h2-10H,11H2,1H3,(H,21,22). The lowest BCUT2D eigenvalue weighted by atomic mass is 10.2. The molecular formula is C18H15Cl2NO4. The van der Waals surface area contributed by atoms with E-state index < -0.39 is 18.5 Å². The zero-order valence-electron chi connectivity index (χ0n) is 13.3. The Morgan fingerprint density at radius 1 is 1.08 bits per heavy atom. The molecule has 5 nitrogen and oxygen atoms in total. The van der Waals surface area contributed by atoms with Crippen LogP contribution in [0.25, 0.3) is 6.08 Å². The summed E-state index contributed by atoms with van der Waals surface area (Å²) in [6, 6.07) is 11.7. The predicted molar refractivity (Wildman–Crippen MR) is 98.1 cm³/mol. The van der Waals surface area contributed by atoms with Crippen molar-refractivity contribution in [2.75, 3.05) is 19.0 Å². The number of benzene rings is 2. The minimum Gasteiger partial charge on any atom is -0.497 e. The van der Waals surface area contributed by atoms with Crippen LogP contribution in [0.4, 0.5) is 5.69 Å². The molecule has 7 heteroatoms. The van der Waals surface area contributed by atoms with Crippen LogP contribution in [0.3, 0.4) is 0 Å². The molecule has 0 fully saturated rings. The maximum Gasteiger partial charge on any atom is 0.331 e. The van der Waals surface area contributed by atoms with E-state index in [1.807, 2.05) is 0 Å². The van der Waals surface area contributed by atoms with Crippen LogP contribution >= 0.6 is 23.2 Å². The molecule has 0 saturated heterocycles. The highest BCUT2D eigenvalue weighted by Crippen LogP contribution is 2.22. The van der Waals surface area contributed by atoms with Gasteiger partial charge in [-0.15, -0.1) is 0 Å². The van der Waals surface area contributed by atoms with Crippen molar-refractivity contribution in [1.82, 2.24) is 0 Å². The van der Waals surface area contributed by atoms with Crippen molar-refractivity contribution >= 4 is 46.8 Å². The molecule has 2 rings (SSSR count). The van der Waals surface area contributed by atoms with E-state index in [0.717, 1.165) is 11.3 Å². The lowest BCUT2D eigenvalue weighted by Gasteiger charge is -2.06. The summed E-state index contributed by atoms with van der Waals surface area (Å²) in [5.74, 6) is -0.405. The average molecular weight is 380 g/mol. The average Bonchev–Trinajstić information content (AvgIpc) is 2.57. The maximum atomic E-state index is 11.8. The second kappa shape index (κ2) is 9.11. The molecule has 0 spiro atoms. The summed E-state index contributed by atoms with van der Waals surface area (Å²) < 4.78 is 9.92. The van der Waals surface area contributed by atoms with Gasteiger partial charge >= 0.3 is 5.97 Å². The molecule has 0 aliphatic carbocycles. The Kier molecular flexibility index (Phi) is 6.86. The van der Waals surface area contributed by atoms with E-state index in [1.165, 1.54) is 18.2 Å². The Balaban J connectivity index is 1.82. The Morgan fingerprint density at radius 2 is 1.72 bits per heavy atom. The number of carbonyl (C=O) groups excluding carboxylic acids is 2. The van der Waals surface area contributed by atoms with Crippen molar-refractivity contribution in [3.05, 3.63) is 64.1 Å². The van der Waals surface area contributed by atoms with Crippen LogP contribution in [-0.2, 0) is 14.3 Å². The molecule has 0 atom stereocenters. The first-order valence-corrected chi connectivity index (χ1v) is 7.96. The van der Waals surface area contributed by atoms with E-state index in [1.54, 1.807) is 43.5 Å². The van der Waals surface area contributed by atoms with E-state index >= 15 is 0 Å². The van der Waals surface area contributed by atoms with Gasteiger partial charge in [-0.3, -0.25) is 4.79 Å². The summed E-state index contributed by atoms with van der Waals surface area (Å²) in [5, 5.41) is 3.32. The van der Waals surface area contributed by atoms with Gasteiger partial charge < -0.3 is 14.8 Å². The third-order valence-electron chi connectivity index (χ3n) is 3.02. The number of ether oxygens (including phenoxy) is 2. The number of amides is 1. The monoisotopic (exact) mass is 379 g/mol. The summed E-state index contributed by atoms with van der Waals surface area (Å²) in [6.45, 7) is -0.421. The number of rotatable bonds is 6. The van der Waals surface area contributed by atoms with Gasteiger partial charge in [-0.1, -0.05) is 35.3 Å². The second-order valence-corrected chi connectivity index (χ2v) is 5.79. The van der Waals surface area contributed by atoms with Crippen molar-refractivity contribution in [2.24, 2.45) is 0 Å². The third-order valence-corrected chi connectivity index (χ3v) is 3.46. The highest BCUT2D eigenvalue weighted by atomic mass is 35.5. The highest BCUT2D eigenvalue weighted by Gasteiger charge is 2.07. The summed E-state index contributed by atoms with van der Waals surface area (Å²) in [5.41, 5.74) is 1.23. The van der Waals surface area contributed by atoms with Crippen molar-refractivity contribution in [2.45, 2.75) is 0 Å². The van der Waals surface area contributed by atoms with Gasteiger partial charge in [0, 0.05) is 21.8 Å². The zero-order valence-corrected chi connectivity index (χ0v) is 14.8. The molecule has 25 heavy (non-hydrogen) atoms. The molecule has 0 saturated carbocycles. The molecule has 130 valence electrons. The molecule has 0 unspecified atom stereocenters. The molecule has 2 aromatic carbocycles. The van der Waals surface area contributed by atoms with Gasteiger partial charge in [0.1, 0.15) is 5.75 Å². The maximum absolute atomic E-state index is 11.8. The van der Waals surface area contributed by atoms with Crippen LogP contribution < -0.4 is 10.1 Å². The van der Waals surface area contributed by atoms with E-state index in [0.29, 0.717) is 15.7 Å². The minimum atomic E-state index is -0.630. The van der Waals surface area contributed by atoms with E-state index in [9.17, 15) is 9.59 Å². The first-order valence-electron chi connectivity index (χ1n) is 7.21. The fourth-order valence-electron chi connectivity index (χ4n) is 1.89. The second-order valence-electron chi connectivity index (χ2n) is 4.92. The summed E-state index contributed by atoms with van der Waals surface area (Å²) in [7, 11) is 1.57. The number of halogens is 2. The molecule has 1 N–H and O–H groups in total. The van der Waals surface area contributed by atoms with Crippen LogP contribution in [-0.4, -0.2) is 25.6 Å².